The third kappa shape index (κ3) is 16.0. The van der Waals surface area contributed by atoms with Gasteiger partial charge >= 0.3 is 0 Å². The van der Waals surface area contributed by atoms with Crippen molar-refractivity contribution in [2.24, 2.45) is 0 Å². The van der Waals surface area contributed by atoms with Crippen LogP contribution in [0.5, 0.6) is 0 Å². The molecule has 0 aromatic rings. The van der Waals surface area contributed by atoms with Gasteiger partial charge in [-0.2, -0.15) is 0 Å². The fourth-order valence-corrected chi connectivity index (χ4v) is 2.06. The van der Waals surface area contributed by atoms with E-state index in [0.29, 0.717) is 32.4 Å². The molecule has 0 bridgehead atoms. The minimum absolute atomic E-state index is 0.382. The molecule has 0 spiro atoms. The molecule has 21 heavy (non-hydrogen) atoms. The first-order chi connectivity index (χ1) is 10.2. The number of hydrogen-bond donors (Lipinski definition) is 2. The summed E-state index contributed by atoms with van der Waals surface area (Å²) in [7, 11) is 0. The standard InChI is InChI=1S/C17H37NO3/c1-4-6-8-9-10-16(3)18-14-17(19)15-21-13-12-20-11-7-5-2/h16-19H,4-15H2,1-3H3. The molecule has 0 fully saturated rings. The Hall–Kier alpha value is -0.160. The largest absolute Gasteiger partial charge is 0.389 e. The molecule has 0 amide bonds. The highest BCUT2D eigenvalue weighted by Gasteiger charge is 2.07. The van der Waals surface area contributed by atoms with E-state index in [1.54, 1.807) is 0 Å². The van der Waals surface area contributed by atoms with Crippen LogP contribution in [0.4, 0.5) is 0 Å². The minimum atomic E-state index is -0.432. The van der Waals surface area contributed by atoms with Gasteiger partial charge in [-0.05, 0) is 19.8 Å². The Morgan fingerprint density at radius 3 is 2.33 bits per heavy atom. The zero-order valence-electron chi connectivity index (χ0n) is 14.4. The molecular formula is C17H37NO3. The van der Waals surface area contributed by atoms with Crippen LogP contribution in [-0.2, 0) is 9.47 Å². The number of ether oxygens (including phenoxy) is 2. The second-order valence-electron chi connectivity index (χ2n) is 5.85. The Bertz CT molecular complexity index is 202. The van der Waals surface area contributed by atoms with Crippen molar-refractivity contribution in [1.29, 1.82) is 0 Å². The van der Waals surface area contributed by atoms with Crippen molar-refractivity contribution in [2.45, 2.75) is 77.9 Å². The molecule has 0 saturated carbocycles. The number of rotatable bonds is 16. The second kappa shape index (κ2) is 16.2. The van der Waals surface area contributed by atoms with Crippen molar-refractivity contribution in [3.05, 3.63) is 0 Å². The first-order valence-electron chi connectivity index (χ1n) is 8.77. The van der Waals surface area contributed by atoms with Gasteiger partial charge in [-0.1, -0.05) is 46.0 Å². The van der Waals surface area contributed by atoms with Gasteiger partial charge < -0.3 is 19.9 Å². The lowest BCUT2D eigenvalue weighted by Gasteiger charge is -2.17. The summed E-state index contributed by atoms with van der Waals surface area (Å²) in [6.07, 6.45) is 8.18. The summed E-state index contributed by atoms with van der Waals surface area (Å²) in [5, 5.41) is 13.2. The van der Waals surface area contributed by atoms with Gasteiger partial charge in [-0.15, -0.1) is 0 Å². The monoisotopic (exact) mass is 303 g/mol. The fraction of sp³-hybridized carbons (Fsp3) is 1.00. The van der Waals surface area contributed by atoms with Crippen molar-refractivity contribution in [3.63, 3.8) is 0 Å². The van der Waals surface area contributed by atoms with Crippen LogP contribution in [0, 0.1) is 0 Å². The molecule has 2 N–H and O–H groups in total. The molecule has 0 aliphatic carbocycles. The van der Waals surface area contributed by atoms with E-state index in [4.69, 9.17) is 9.47 Å². The lowest BCUT2D eigenvalue weighted by Crippen LogP contribution is -2.36. The maximum absolute atomic E-state index is 9.82. The maximum atomic E-state index is 9.82. The first kappa shape index (κ1) is 20.8. The van der Waals surface area contributed by atoms with Crippen LogP contribution in [0.15, 0.2) is 0 Å². The van der Waals surface area contributed by atoms with Crippen molar-refractivity contribution < 1.29 is 14.6 Å². The van der Waals surface area contributed by atoms with Gasteiger partial charge in [-0.25, -0.2) is 0 Å². The Morgan fingerprint density at radius 2 is 1.62 bits per heavy atom. The molecular weight excluding hydrogens is 266 g/mol. The molecule has 0 saturated heterocycles. The van der Waals surface area contributed by atoms with Gasteiger partial charge in [0, 0.05) is 19.2 Å². The fourth-order valence-electron chi connectivity index (χ4n) is 2.06. The molecule has 0 rings (SSSR count). The number of aliphatic hydroxyl groups excluding tert-OH is 1. The molecule has 0 aromatic heterocycles. The average Bonchev–Trinajstić information content (AvgIpc) is 2.48. The highest BCUT2D eigenvalue weighted by atomic mass is 16.5. The van der Waals surface area contributed by atoms with Crippen LogP contribution in [0.25, 0.3) is 0 Å². The Labute approximate surface area is 131 Å². The first-order valence-corrected chi connectivity index (χ1v) is 8.77. The van der Waals surface area contributed by atoms with Crippen LogP contribution in [-0.4, -0.2) is 50.2 Å². The predicted octanol–water partition coefficient (Wildman–Crippen LogP) is 3.13. The number of nitrogens with one attached hydrogen (secondary N) is 1. The Morgan fingerprint density at radius 1 is 0.905 bits per heavy atom. The summed E-state index contributed by atoms with van der Waals surface area (Å²) in [6, 6.07) is 0.467. The van der Waals surface area contributed by atoms with E-state index in [9.17, 15) is 5.11 Å². The average molecular weight is 303 g/mol. The van der Waals surface area contributed by atoms with Crippen LogP contribution >= 0.6 is 0 Å². The van der Waals surface area contributed by atoms with Crippen LogP contribution < -0.4 is 5.32 Å². The van der Waals surface area contributed by atoms with Crippen LogP contribution in [0.3, 0.4) is 0 Å². The molecule has 0 aliphatic rings. The van der Waals surface area contributed by atoms with Gasteiger partial charge in [0.2, 0.25) is 0 Å². The molecule has 128 valence electrons. The second-order valence-corrected chi connectivity index (χ2v) is 5.85. The van der Waals surface area contributed by atoms with Crippen molar-refractivity contribution in [1.82, 2.24) is 5.32 Å². The van der Waals surface area contributed by atoms with E-state index in [1.807, 2.05) is 0 Å². The van der Waals surface area contributed by atoms with E-state index in [1.165, 1.54) is 32.1 Å². The number of aliphatic hydroxyl groups is 1. The van der Waals surface area contributed by atoms with Crippen LogP contribution in [0.2, 0.25) is 0 Å². The van der Waals surface area contributed by atoms with E-state index in [-0.39, 0.29) is 0 Å². The van der Waals surface area contributed by atoms with Crippen molar-refractivity contribution >= 4 is 0 Å². The highest BCUT2D eigenvalue weighted by molar-refractivity contribution is 4.65. The summed E-state index contributed by atoms with van der Waals surface area (Å²) in [5.74, 6) is 0. The van der Waals surface area contributed by atoms with E-state index in [2.05, 4.69) is 26.1 Å². The molecule has 4 nitrogen and oxygen atoms in total. The van der Waals surface area contributed by atoms with Gasteiger partial charge in [0.25, 0.3) is 0 Å². The molecule has 0 radical (unpaired) electrons. The number of unbranched alkanes of at least 4 members (excludes halogenated alkanes) is 4. The smallest absolute Gasteiger partial charge is 0.0897 e. The summed E-state index contributed by atoms with van der Waals surface area (Å²) in [5.41, 5.74) is 0. The van der Waals surface area contributed by atoms with Gasteiger partial charge in [0.05, 0.1) is 25.9 Å². The summed E-state index contributed by atoms with van der Waals surface area (Å²) < 4.78 is 10.8. The summed E-state index contributed by atoms with van der Waals surface area (Å²) in [6.45, 7) is 9.53. The Kier molecular flexibility index (Phi) is 16.1. The molecule has 2 atom stereocenters. The summed E-state index contributed by atoms with van der Waals surface area (Å²) in [4.78, 5) is 0. The summed E-state index contributed by atoms with van der Waals surface area (Å²) >= 11 is 0. The van der Waals surface area contributed by atoms with Gasteiger partial charge in [-0.3, -0.25) is 0 Å². The topological polar surface area (TPSA) is 50.7 Å². The van der Waals surface area contributed by atoms with E-state index < -0.39 is 6.10 Å². The van der Waals surface area contributed by atoms with Crippen molar-refractivity contribution in [3.8, 4) is 0 Å². The molecule has 0 aliphatic heterocycles. The Balaban J connectivity index is 3.30. The predicted molar refractivity (Wildman–Crippen MR) is 88.8 cm³/mol. The zero-order valence-corrected chi connectivity index (χ0v) is 14.4. The normalized spacial score (nSPS) is 14.3. The SMILES string of the molecule is CCCCCCC(C)NCC(O)COCCOCCCC. The van der Waals surface area contributed by atoms with Gasteiger partial charge in [0.15, 0.2) is 0 Å². The van der Waals surface area contributed by atoms with Crippen molar-refractivity contribution in [2.75, 3.05) is 33.0 Å². The molecule has 0 heterocycles. The van der Waals surface area contributed by atoms with Gasteiger partial charge in [0.1, 0.15) is 0 Å². The van der Waals surface area contributed by atoms with E-state index >= 15 is 0 Å². The molecule has 0 aromatic carbocycles. The zero-order chi connectivity index (χ0) is 15.8. The molecule has 4 heteroatoms. The van der Waals surface area contributed by atoms with E-state index in [0.717, 1.165) is 19.4 Å². The lowest BCUT2D eigenvalue weighted by molar-refractivity contribution is 0.00326. The molecule has 2 unspecified atom stereocenters. The lowest BCUT2D eigenvalue weighted by atomic mass is 10.1. The number of hydrogen-bond acceptors (Lipinski definition) is 4. The highest BCUT2D eigenvalue weighted by Crippen LogP contribution is 2.05. The quantitative estimate of drug-likeness (QED) is 0.430. The third-order valence-electron chi connectivity index (χ3n) is 3.52. The minimum Gasteiger partial charge on any atom is -0.389 e. The maximum Gasteiger partial charge on any atom is 0.0897 e. The third-order valence-corrected chi connectivity index (χ3v) is 3.52. The van der Waals surface area contributed by atoms with Crippen LogP contribution in [0.1, 0.15) is 65.7 Å².